The molecule has 2 rings (SSSR count). The Bertz CT molecular complexity index is 658. The Kier molecular flexibility index (Phi) is 4.82. The number of halogens is 1. The van der Waals surface area contributed by atoms with Gasteiger partial charge in [-0.1, -0.05) is 17.7 Å². The smallest absolute Gasteiger partial charge is 0.335 e. The van der Waals surface area contributed by atoms with E-state index in [9.17, 15) is 9.59 Å². The van der Waals surface area contributed by atoms with Gasteiger partial charge in [-0.25, -0.2) is 9.59 Å². The van der Waals surface area contributed by atoms with Crippen molar-refractivity contribution >= 4 is 40.6 Å². The van der Waals surface area contributed by atoms with Crippen LogP contribution < -0.4 is 10.6 Å². The summed E-state index contributed by atoms with van der Waals surface area (Å²) >= 11 is 7.49. The third kappa shape index (κ3) is 3.96. The summed E-state index contributed by atoms with van der Waals surface area (Å²) in [4.78, 5) is 23.9. The Hall–Kier alpha value is -2.05. The summed E-state index contributed by atoms with van der Waals surface area (Å²) < 4.78 is 0. The third-order valence-electron chi connectivity index (χ3n) is 2.78. The van der Waals surface area contributed by atoms with E-state index in [-0.39, 0.29) is 22.3 Å². The molecule has 1 heterocycles. The normalized spacial score (nSPS) is 11.7. The molecule has 7 heteroatoms. The topological polar surface area (TPSA) is 78.4 Å². The number of benzene rings is 1. The average molecular weight is 325 g/mol. The quantitative estimate of drug-likeness (QED) is 0.796. The van der Waals surface area contributed by atoms with Crippen LogP contribution in [0.4, 0.5) is 10.5 Å². The van der Waals surface area contributed by atoms with Crippen LogP contribution in [-0.4, -0.2) is 17.1 Å². The van der Waals surface area contributed by atoms with Crippen LogP contribution >= 0.6 is 22.9 Å². The van der Waals surface area contributed by atoms with E-state index in [1.165, 1.54) is 18.2 Å². The van der Waals surface area contributed by atoms with Crippen molar-refractivity contribution in [2.24, 2.45) is 0 Å². The first-order chi connectivity index (χ1) is 9.97. The SMILES string of the molecule is CC(NC(=O)Nc1cc(C(=O)O)ccc1Cl)c1cccs1. The number of aromatic carboxylic acids is 1. The minimum absolute atomic E-state index is 0.0565. The molecule has 0 spiro atoms. The molecule has 1 aromatic heterocycles. The number of hydrogen-bond donors (Lipinski definition) is 3. The second-order valence-corrected chi connectivity index (χ2v) is 5.72. The van der Waals surface area contributed by atoms with Crippen molar-refractivity contribution in [1.29, 1.82) is 0 Å². The summed E-state index contributed by atoms with van der Waals surface area (Å²) in [6.07, 6.45) is 0. The van der Waals surface area contributed by atoms with Gasteiger partial charge >= 0.3 is 12.0 Å². The molecule has 1 aromatic carbocycles. The van der Waals surface area contributed by atoms with Crippen LogP contribution in [0.1, 0.15) is 28.2 Å². The third-order valence-corrected chi connectivity index (χ3v) is 4.16. The first-order valence-electron chi connectivity index (χ1n) is 6.11. The molecule has 3 N–H and O–H groups in total. The Balaban J connectivity index is 2.05. The van der Waals surface area contributed by atoms with Gasteiger partial charge in [0, 0.05) is 4.88 Å². The highest BCUT2D eigenvalue weighted by atomic mass is 35.5. The highest BCUT2D eigenvalue weighted by Crippen LogP contribution is 2.24. The van der Waals surface area contributed by atoms with Gasteiger partial charge in [-0.3, -0.25) is 0 Å². The summed E-state index contributed by atoms with van der Waals surface area (Å²) in [5.74, 6) is -1.08. The second kappa shape index (κ2) is 6.60. The van der Waals surface area contributed by atoms with E-state index in [1.807, 2.05) is 24.4 Å². The zero-order valence-electron chi connectivity index (χ0n) is 11.1. The molecule has 0 fully saturated rings. The standard InChI is InChI=1S/C14H13ClN2O3S/c1-8(12-3-2-6-21-12)16-14(20)17-11-7-9(13(18)19)4-5-10(11)15/h2-8H,1H3,(H,18,19)(H2,16,17,20). The fourth-order valence-corrected chi connectivity index (χ4v) is 2.62. The maximum Gasteiger partial charge on any atom is 0.335 e. The Morgan fingerprint density at radius 2 is 2.10 bits per heavy atom. The van der Waals surface area contributed by atoms with Gasteiger partial charge in [0.2, 0.25) is 0 Å². The lowest BCUT2D eigenvalue weighted by Gasteiger charge is -2.14. The van der Waals surface area contributed by atoms with Gasteiger partial charge < -0.3 is 15.7 Å². The molecule has 110 valence electrons. The first kappa shape index (κ1) is 15.3. The van der Waals surface area contributed by atoms with Crippen LogP contribution in [0.5, 0.6) is 0 Å². The number of urea groups is 1. The van der Waals surface area contributed by atoms with Crippen molar-refractivity contribution in [1.82, 2.24) is 5.32 Å². The van der Waals surface area contributed by atoms with Crippen molar-refractivity contribution < 1.29 is 14.7 Å². The van der Waals surface area contributed by atoms with Crippen molar-refractivity contribution in [2.75, 3.05) is 5.32 Å². The van der Waals surface area contributed by atoms with Crippen LogP contribution in [-0.2, 0) is 0 Å². The van der Waals surface area contributed by atoms with Gasteiger partial charge in [0.1, 0.15) is 0 Å². The fraction of sp³-hybridized carbons (Fsp3) is 0.143. The molecule has 1 atom stereocenters. The number of carbonyl (C=O) groups excluding carboxylic acids is 1. The molecule has 21 heavy (non-hydrogen) atoms. The van der Waals surface area contributed by atoms with Crippen LogP contribution in [0.15, 0.2) is 35.7 Å². The van der Waals surface area contributed by atoms with E-state index >= 15 is 0 Å². The maximum absolute atomic E-state index is 11.9. The molecular formula is C14H13ClN2O3S. The fourth-order valence-electron chi connectivity index (χ4n) is 1.72. The van der Waals surface area contributed by atoms with E-state index in [0.29, 0.717) is 0 Å². The molecule has 1 unspecified atom stereocenters. The highest BCUT2D eigenvalue weighted by molar-refractivity contribution is 7.10. The van der Waals surface area contributed by atoms with Crippen LogP contribution in [0.3, 0.4) is 0 Å². The first-order valence-corrected chi connectivity index (χ1v) is 7.37. The van der Waals surface area contributed by atoms with Crippen LogP contribution in [0.2, 0.25) is 5.02 Å². The van der Waals surface area contributed by atoms with Crippen molar-refractivity contribution in [3.05, 3.63) is 51.2 Å². The minimum atomic E-state index is -1.08. The van der Waals surface area contributed by atoms with E-state index in [1.54, 1.807) is 11.3 Å². The molecule has 0 radical (unpaired) electrons. The zero-order chi connectivity index (χ0) is 15.4. The lowest BCUT2D eigenvalue weighted by Crippen LogP contribution is -2.30. The summed E-state index contributed by atoms with van der Waals surface area (Å²) in [5.41, 5.74) is 0.313. The van der Waals surface area contributed by atoms with Gasteiger partial charge in [0.05, 0.1) is 22.3 Å². The van der Waals surface area contributed by atoms with Gasteiger partial charge in [0.15, 0.2) is 0 Å². The highest BCUT2D eigenvalue weighted by Gasteiger charge is 2.13. The Morgan fingerprint density at radius 3 is 2.71 bits per heavy atom. The summed E-state index contributed by atoms with van der Waals surface area (Å²) in [6, 6.07) is 7.37. The summed E-state index contributed by atoms with van der Waals surface area (Å²) in [5, 5.41) is 16.5. The van der Waals surface area contributed by atoms with Gasteiger partial charge in [-0.05, 0) is 36.6 Å². The van der Waals surface area contributed by atoms with E-state index in [4.69, 9.17) is 16.7 Å². The number of nitrogens with one attached hydrogen (secondary N) is 2. The number of anilines is 1. The number of carboxylic acid groups (broad SMARTS) is 1. The predicted octanol–water partition coefficient (Wildman–Crippen LogP) is 3.98. The predicted molar refractivity (Wildman–Crippen MR) is 83.3 cm³/mol. The molecule has 0 aliphatic heterocycles. The van der Waals surface area contributed by atoms with Crippen LogP contribution in [0.25, 0.3) is 0 Å². The van der Waals surface area contributed by atoms with Crippen molar-refractivity contribution in [3.8, 4) is 0 Å². The van der Waals surface area contributed by atoms with E-state index < -0.39 is 12.0 Å². The van der Waals surface area contributed by atoms with E-state index in [0.717, 1.165) is 4.88 Å². The molecule has 0 bridgehead atoms. The minimum Gasteiger partial charge on any atom is -0.478 e. The monoisotopic (exact) mass is 324 g/mol. The number of carboxylic acids is 1. The molecule has 2 amide bonds. The number of hydrogen-bond acceptors (Lipinski definition) is 3. The molecular weight excluding hydrogens is 312 g/mol. The van der Waals surface area contributed by atoms with Crippen molar-refractivity contribution in [3.63, 3.8) is 0 Å². The summed E-state index contributed by atoms with van der Waals surface area (Å²) in [7, 11) is 0. The maximum atomic E-state index is 11.9. The molecule has 5 nitrogen and oxygen atoms in total. The molecule has 2 aromatic rings. The average Bonchev–Trinajstić information content (AvgIpc) is 2.95. The zero-order valence-corrected chi connectivity index (χ0v) is 12.7. The molecule has 0 aliphatic rings. The van der Waals surface area contributed by atoms with Crippen molar-refractivity contribution in [2.45, 2.75) is 13.0 Å². The Labute approximate surface area is 130 Å². The largest absolute Gasteiger partial charge is 0.478 e. The number of carbonyl (C=O) groups is 2. The second-order valence-electron chi connectivity index (χ2n) is 4.34. The lowest BCUT2D eigenvalue weighted by molar-refractivity contribution is 0.0697. The summed E-state index contributed by atoms with van der Waals surface area (Å²) in [6.45, 7) is 1.86. The molecule has 0 aliphatic carbocycles. The van der Waals surface area contributed by atoms with Crippen LogP contribution in [0, 0.1) is 0 Å². The van der Waals surface area contributed by atoms with Gasteiger partial charge in [-0.2, -0.15) is 0 Å². The number of thiophene rings is 1. The number of amides is 2. The lowest BCUT2D eigenvalue weighted by atomic mass is 10.2. The van der Waals surface area contributed by atoms with Gasteiger partial charge in [-0.15, -0.1) is 11.3 Å². The van der Waals surface area contributed by atoms with Gasteiger partial charge in [0.25, 0.3) is 0 Å². The number of rotatable bonds is 4. The Morgan fingerprint density at radius 1 is 1.33 bits per heavy atom. The molecule has 0 saturated heterocycles. The van der Waals surface area contributed by atoms with E-state index in [2.05, 4.69) is 10.6 Å². The molecule has 0 saturated carbocycles.